The van der Waals surface area contributed by atoms with Crippen LogP contribution in [0, 0.1) is 0 Å². The molecule has 1 atom stereocenters. The first kappa shape index (κ1) is 65.8. The zero-order valence-corrected chi connectivity index (χ0v) is 45.6. The van der Waals surface area contributed by atoms with Crippen LogP contribution in [0.15, 0.2) is 72.9 Å². The lowest BCUT2D eigenvalue weighted by atomic mass is 10.0. The van der Waals surface area contributed by atoms with E-state index in [1.54, 1.807) is 0 Å². The van der Waals surface area contributed by atoms with Crippen LogP contribution in [0.4, 0.5) is 0 Å². The van der Waals surface area contributed by atoms with E-state index in [1.165, 1.54) is 167 Å². The van der Waals surface area contributed by atoms with Crippen molar-refractivity contribution < 1.29 is 28.6 Å². The van der Waals surface area contributed by atoms with E-state index < -0.39 is 6.10 Å². The number of hydrogen-bond acceptors (Lipinski definition) is 6. The largest absolute Gasteiger partial charge is 0.462 e. The van der Waals surface area contributed by atoms with Gasteiger partial charge in [0.1, 0.15) is 13.2 Å². The summed E-state index contributed by atoms with van der Waals surface area (Å²) in [5.74, 6) is -0.949. The number of carbonyl (C=O) groups excluding carboxylic acids is 3. The van der Waals surface area contributed by atoms with Crippen molar-refractivity contribution in [2.45, 2.75) is 297 Å². The number of carbonyl (C=O) groups is 3. The molecule has 0 amide bonds. The Kier molecular flexibility index (Phi) is 54.8. The number of hydrogen-bond donors (Lipinski definition) is 0. The number of unbranched alkanes of at least 4 members (excludes halogenated alkanes) is 30. The molecule has 0 fully saturated rings. The topological polar surface area (TPSA) is 78.9 Å². The molecule has 0 rings (SSSR count). The normalized spacial score (nSPS) is 12.6. The highest BCUT2D eigenvalue weighted by Gasteiger charge is 2.19. The van der Waals surface area contributed by atoms with Crippen molar-refractivity contribution in [3.05, 3.63) is 72.9 Å². The third-order valence-corrected chi connectivity index (χ3v) is 12.7. The molecule has 6 heteroatoms. The predicted octanol–water partition coefficient (Wildman–Crippen LogP) is 19.8. The summed E-state index contributed by atoms with van der Waals surface area (Å²) >= 11 is 0. The minimum Gasteiger partial charge on any atom is -0.462 e. The quantitative estimate of drug-likeness (QED) is 0.0262. The number of esters is 3. The van der Waals surface area contributed by atoms with Gasteiger partial charge in [0.05, 0.1) is 0 Å². The van der Waals surface area contributed by atoms with Crippen molar-refractivity contribution in [3.8, 4) is 0 Å². The van der Waals surface area contributed by atoms with Crippen molar-refractivity contribution in [1.29, 1.82) is 0 Å². The Hall–Kier alpha value is -3.15. The maximum absolute atomic E-state index is 12.8. The van der Waals surface area contributed by atoms with Crippen LogP contribution < -0.4 is 0 Å². The van der Waals surface area contributed by atoms with E-state index in [2.05, 4.69) is 93.7 Å². The molecule has 0 saturated heterocycles. The fourth-order valence-electron chi connectivity index (χ4n) is 8.30. The summed E-state index contributed by atoms with van der Waals surface area (Å²) in [7, 11) is 0. The average molecular weight is 964 g/mol. The molecule has 0 radical (unpaired) electrons. The molecule has 0 unspecified atom stereocenters. The van der Waals surface area contributed by atoms with Gasteiger partial charge in [-0.15, -0.1) is 0 Å². The molecule has 0 aliphatic carbocycles. The lowest BCUT2D eigenvalue weighted by Crippen LogP contribution is -2.30. The number of rotatable bonds is 53. The zero-order chi connectivity index (χ0) is 50.0. The smallest absolute Gasteiger partial charge is 0.306 e. The first-order valence-corrected chi connectivity index (χ1v) is 29.4. The van der Waals surface area contributed by atoms with Gasteiger partial charge in [-0.3, -0.25) is 14.4 Å². The Morgan fingerprint density at radius 1 is 0.304 bits per heavy atom. The Labute approximate surface area is 427 Å². The first-order chi connectivity index (χ1) is 34.0. The fraction of sp³-hybridized carbons (Fsp3) is 0.762. The standard InChI is InChI=1S/C63H110O6/c1-4-7-10-13-16-19-22-25-28-30-31-33-35-38-41-44-47-50-53-56-62(65)68-59-60(58-67-61(64)55-52-49-46-43-40-37-34-27-24-21-18-15-12-9-6-3)69-63(66)57-54-51-48-45-42-39-36-32-29-26-23-20-17-14-11-8-5-2/h8,11,17,20,26,29-31,36,39,45,48,60H,4-7,9-10,12-16,18-19,21-25,27-28,32-35,37-38,40-44,46-47,49-59H2,1-3H3/b11-8-,20-17-,29-26-,31-30-,39-36-,48-45-/t60-/m1/s1. The minimum atomic E-state index is -0.805. The molecule has 0 spiro atoms. The van der Waals surface area contributed by atoms with E-state index in [1.807, 2.05) is 0 Å². The van der Waals surface area contributed by atoms with Crippen LogP contribution in [0.3, 0.4) is 0 Å². The van der Waals surface area contributed by atoms with Gasteiger partial charge < -0.3 is 14.2 Å². The highest BCUT2D eigenvalue weighted by molar-refractivity contribution is 5.71. The van der Waals surface area contributed by atoms with Crippen molar-refractivity contribution >= 4 is 17.9 Å². The van der Waals surface area contributed by atoms with Crippen molar-refractivity contribution in [3.63, 3.8) is 0 Å². The van der Waals surface area contributed by atoms with Crippen LogP contribution >= 0.6 is 0 Å². The summed E-state index contributed by atoms with van der Waals surface area (Å²) in [4.78, 5) is 38.2. The minimum absolute atomic E-state index is 0.0968. The second kappa shape index (κ2) is 57.4. The van der Waals surface area contributed by atoms with Crippen LogP contribution in [0.25, 0.3) is 0 Å². The molecule has 0 aromatic heterocycles. The van der Waals surface area contributed by atoms with Gasteiger partial charge in [-0.2, -0.15) is 0 Å². The summed E-state index contributed by atoms with van der Waals surface area (Å²) in [6.07, 6.45) is 73.3. The summed E-state index contributed by atoms with van der Waals surface area (Å²) in [5.41, 5.74) is 0. The molecule has 0 aromatic carbocycles. The Bertz CT molecular complexity index is 1290. The second-order valence-electron chi connectivity index (χ2n) is 19.5. The summed E-state index contributed by atoms with van der Waals surface area (Å²) in [6.45, 7) is 6.50. The molecule has 0 N–H and O–H groups in total. The van der Waals surface area contributed by atoms with Gasteiger partial charge in [0, 0.05) is 19.3 Å². The van der Waals surface area contributed by atoms with E-state index in [4.69, 9.17) is 14.2 Å². The molecular weight excluding hydrogens is 853 g/mol. The van der Waals surface area contributed by atoms with E-state index in [0.29, 0.717) is 19.3 Å². The van der Waals surface area contributed by atoms with Gasteiger partial charge in [0.25, 0.3) is 0 Å². The van der Waals surface area contributed by atoms with E-state index in [9.17, 15) is 14.4 Å². The lowest BCUT2D eigenvalue weighted by Gasteiger charge is -2.18. The van der Waals surface area contributed by atoms with Crippen molar-refractivity contribution in [1.82, 2.24) is 0 Å². The SMILES string of the molecule is CC/C=C\C/C=C\C/C=C\C/C=C\C/C=C\CCCC(=O)O[C@@H](COC(=O)CCCCCCCCC/C=C\CCCCCCCCCC)COC(=O)CCCCCCCCCCCCCCCCC. The highest BCUT2D eigenvalue weighted by atomic mass is 16.6. The summed E-state index contributed by atoms with van der Waals surface area (Å²) < 4.78 is 16.8. The number of allylic oxidation sites excluding steroid dienone is 12. The van der Waals surface area contributed by atoms with Gasteiger partial charge >= 0.3 is 17.9 Å². The van der Waals surface area contributed by atoms with Gasteiger partial charge in [-0.05, 0) is 83.5 Å². The Morgan fingerprint density at radius 3 is 0.942 bits per heavy atom. The molecule has 0 aliphatic rings. The van der Waals surface area contributed by atoms with Crippen LogP contribution in [0.1, 0.15) is 290 Å². The molecular formula is C63H110O6. The van der Waals surface area contributed by atoms with E-state index >= 15 is 0 Å². The summed E-state index contributed by atoms with van der Waals surface area (Å²) in [5, 5.41) is 0. The first-order valence-electron chi connectivity index (χ1n) is 29.4. The maximum atomic E-state index is 12.8. The van der Waals surface area contributed by atoms with Gasteiger partial charge in [0.15, 0.2) is 6.10 Å². The Morgan fingerprint density at radius 2 is 0.580 bits per heavy atom. The van der Waals surface area contributed by atoms with Gasteiger partial charge in [-0.1, -0.05) is 261 Å². The van der Waals surface area contributed by atoms with E-state index in [0.717, 1.165) is 77.0 Å². The van der Waals surface area contributed by atoms with Crippen LogP contribution in [0.5, 0.6) is 0 Å². The predicted molar refractivity (Wildman–Crippen MR) is 298 cm³/mol. The average Bonchev–Trinajstić information content (AvgIpc) is 3.35. The van der Waals surface area contributed by atoms with Crippen molar-refractivity contribution in [2.75, 3.05) is 13.2 Å². The van der Waals surface area contributed by atoms with Crippen molar-refractivity contribution in [2.24, 2.45) is 0 Å². The molecule has 0 aliphatic heterocycles. The van der Waals surface area contributed by atoms with Crippen LogP contribution in [-0.2, 0) is 28.6 Å². The molecule has 0 saturated carbocycles. The van der Waals surface area contributed by atoms with Crippen LogP contribution in [-0.4, -0.2) is 37.2 Å². The second-order valence-corrected chi connectivity index (χ2v) is 19.5. The molecule has 69 heavy (non-hydrogen) atoms. The van der Waals surface area contributed by atoms with Gasteiger partial charge in [0.2, 0.25) is 0 Å². The highest BCUT2D eigenvalue weighted by Crippen LogP contribution is 2.16. The Balaban J connectivity index is 4.44. The van der Waals surface area contributed by atoms with Gasteiger partial charge in [-0.25, -0.2) is 0 Å². The van der Waals surface area contributed by atoms with E-state index in [-0.39, 0.29) is 37.5 Å². The number of ether oxygens (including phenoxy) is 3. The summed E-state index contributed by atoms with van der Waals surface area (Å²) in [6, 6.07) is 0. The molecule has 0 aromatic rings. The third kappa shape index (κ3) is 55.6. The lowest BCUT2D eigenvalue weighted by molar-refractivity contribution is -0.167. The monoisotopic (exact) mass is 963 g/mol. The zero-order valence-electron chi connectivity index (χ0n) is 45.6. The molecule has 6 nitrogen and oxygen atoms in total. The van der Waals surface area contributed by atoms with Crippen LogP contribution in [0.2, 0.25) is 0 Å². The fourth-order valence-corrected chi connectivity index (χ4v) is 8.30. The maximum Gasteiger partial charge on any atom is 0.306 e. The molecule has 398 valence electrons. The molecule has 0 heterocycles. The molecule has 0 bridgehead atoms. The third-order valence-electron chi connectivity index (χ3n) is 12.7.